The SMILES string of the molecule is OC1CCc2c(OCC3CCOC3)cccc21. The molecule has 92 valence electrons. The maximum atomic E-state index is 9.81. The average Bonchev–Trinajstić information content (AvgIpc) is 2.97. The Balaban J connectivity index is 1.71. The van der Waals surface area contributed by atoms with Gasteiger partial charge in [0.15, 0.2) is 0 Å². The lowest BCUT2D eigenvalue weighted by atomic mass is 10.1. The van der Waals surface area contributed by atoms with Crippen molar-refractivity contribution in [2.24, 2.45) is 5.92 Å². The molecule has 1 saturated heterocycles. The van der Waals surface area contributed by atoms with E-state index in [2.05, 4.69) is 0 Å². The van der Waals surface area contributed by atoms with Gasteiger partial charge < -0.3 is 14.6 Å². The summed E-state index contributed by atoms with van der Waals surface area (Å²) < 4.78 is 11.2. The first-order valence-corrected chi connectivity index (χ1v) is 6.35. The van der Waals surface area contributed by atoms with Crippen molar-refractivity contribution in [2.45, 2.75) is 25.4 Å². The standard InChI is InChI=1S/C14H18O3/c15-13-5-4-12-11(13)2-1-3-14(12)17-9-10-6-7-16-8-10/h1-3,10,13,15H,4-9H2. The van der Waals surface area contributed by atoms with Crippen LogP contribution >= 0.6 is 0 Å². The van der Waals surface area contributed by atoms with Crippen LogP contribution in [0.4, 0.5) is 0 Å². The normalized spacial score (nSPS) is 27.1. The lowest BCUT2D eigenvalue weighted by Crippen LogP contribution is -2.12. The fraction of sp³-hybridized carbons (Fsp3) is 0.571. The molecule has 0 aromatic heterocycles. The molecule has 17 heavy (non-hydrogen) atoms. The van der Waals surface area contributed by atoms with Gasteiger partial charge in [-0.15, -0.1) is 0 Å². The van der Waals surface area contributed by atoms with Crippen molar-refractivity contribution in [3.8, 4) is 5.75 Å². The number of hydrogen-bond acceptors (Lipinski definition) is 3. The minimum absolute atomic E-state index is 0.302. The Bertz CT molecular complexity index is 396. The van der Waals surface area contributed by atoms with Gasteiger partial charge in [-0.2, -0.15) is 0 Å². The largest absolute Gasteiger partial charge is 0.493 e. The van der Waals surface area contributed by atoms with Crippen molar-refractivity contribution in [3.05, 3.63) is 29.3 Å². The monoisotopic (exact) mass is 234 g/mol. The van der Waals surface area contributed by atoms with Gasteiger partial charge in [0.1, 0.15) is 5.75 Å². The number of aliphatic hydroxyl groups excluding tert-OH is 1. The smallest absolute Gasteiger partial charge is 0.122 e. The Morgan fingerprint density at radius 2 is 2.29 bits per heavy atom. The van der Waals surface area contributed by atoms with Gasteiger partial charge in [0.05, 0.1) is 19.3 Å². The van der Waals surface area contributed by atoms with E-state index >= 15 is 0 Å². The molecule has 3 nitrogen and oxygen atoms in total. The fourth-order valence-electron chi connectivity index (χ4n) is 2.66. The summed E-state index contributed by atoms with van der Waals surface area (Å²) in [5.41, 5.74) is 2.24. The molecule has 0 amide bonds. The molecule has 1 aliphatic heterocycles. The Kier molecular flexibility index (Phi) is 3.04. The minimum Gasteiger partial charge on any atom is -0.493 e. The molecular formula is C14H18O3. The van der Waals surface area contributed by atoms with Crippen molar-refractivity contribution in [2.75, 3.05) is 19.8 Å². The molecule has 3 heteroatoms. The van der Waals surface area contributed by atoms with E-state index in [0.29, 0.717) is 5.92 Å². The zero-order valence-electron chi connectivity index (χ0n) is 9.89. The summed E-state index contributed by atoms with van der Waals surface area (Å²) in [6, 6.07) is 5.97. The molecule has 2 aliphatic rings. The van der Waals surface area contributed by atoms with Gasteiger partial charge in [-0.25, -0.2) is 0 Å². The van der Waals surface area contributed by atoms with E-state index in [4.69, 9.17) is 9.47 Å². The molecule has 1 aromatic rings. The molecule has 1 N–H and O–H groups in total. The van der Waals surface area contributed by atoms with E-state index in [9.17, 15) is 5.11 Å². The maximum absolute atomic E-state index is 9.81. The molecule has 1 aromatic carbocycles. The van der Waals surface area contributed by atoms with E-state index in [1.807, 2.05) is 18.2 Å². The van der Waals surface area contributed by atoms with Gasteiger partial charge >= 0.3 is 0 Å². The second kappa shape index (κ2) is 4.67. The maximum Gasteiger partial charge on any atom is 0.122 e. The molecule has 2 unspecified atom stereocenters. The van der Waals surface area contributed by atoms with Crippen LogP contribution in [0, 0.1) is 5.92 Å². The number of hydrogen-bond donors (Lipinski definition) is 1. The first-order valence-electron chi connectivity index (χ1n) is 6.35. The highest BCUT2D eigenvalue weighted by atomic mass is 16.5. The molecular weight excluding hydrogens is 216 g/mol. The van der Waals surface area contributed by atoms with Crippen molar-refractivity contribution in [1.82, 2.24) is 0 Å². The van der Waals surface area contributed by atoms with Crippen molar-refractivity contribution >= 4 is 0 Å². The second-order valence-electron chi connectivity index (χ2n) is 4.92. The van der Waals surface area contributed by atoms with Crippen LogP contribution < -0.4 is 4.74 Å². The van der Waals surface area contributed by atoms with Crippen LogP contribution in [0.15, 0.2) is 18.2 Å². The first-order chi connectivity index (χ1) is 8.34. The summed E-state index contributed by atoms with van der Waals surface area (Å²) >= 11 is 0. The molecule has 2 atom stereocenters. The number of fused-ring (bicyclic) bond motifs is 1. The molecule has 0 bridgehead atoms. The van der Waals surface area contributed by atoms with Gasteiger partial charge in [-0.3, -0.25) is 0 Å². The van der Waals surface area contributed by atoms with Gasteiger partial charge in [0.2, 0.25) is 0 Å². The topological polar surface area (TPSA) is 38.7 Å². The highest BCUT2D eigenvalue weighted by Crippen LogP contribution is 2.36. The molecule has 1 heterocycles. The van der Waals surface area contributed by atoms with Crippen LogP contribution in [-0.4, -0.2) is 24.9 Å². The van der Waals surface area contributed by atoms with Crippen LogP contribution in [0.1, 0.15) is 30.1 Å². The zero-order valence-corrected chi connectivity index (χ0v) is 9.89. The lowest BCUT2D eigenvalue weighted by molar-refractivity contribution is 0.166. The summed E-state index contributed by atoms with van der Waals surface area (Å²) in [7, 11) is 0. The lowest BCUT2D eigenvalue weighted by Gasteiger charge is -2.13. The predicted molar refractivity (Wildman–Crippen MR) is 64.1 cm³/mol. The summed E-state index contributed by atoms with van der Waals surface area (Å²) in [4.78, 5) is 0. The number of rotatable bonds is 3. The molecule has 3 rings (SSSR count). The summed E-state index contributed by atoms with van der Waals surface area (Å²) in [6.07, 6.45) is 2.54. The van der Waals surface area contributed by atoms with Crippen molar-refractivity contribution in [3.63, 3.8) is 0 Å². The highest BCUT2D eigenvalue weighted by molar-refractivity contribution is 5.44. The van der Waals surface area contributed by atoms with Gasteiger partial charge in [-0.1, -0.05) is 12.1 Å². The van der Waals surface area contributed by atoms with Crippen molar-refractivity contribution in [1.29, 1.82) is 0 Å². The Morgan fingerprint density at radius 3 is 3.12 bits per heavy atom. The summed E-state index contributed by atoms with van der Waals surface area (Å²) in [6.45, 7) is 2.41. The third-order valence-corrected chi connectivity index (χ3v) is 3.69. The number of ether oxygens (including phenoxy) is 2. The highest BCUT2D eigenvalue weighted by Gasteiger charge is 2.24. The Hall–Kier alpha value is -1.06. The number of aliphatic hydroxyl groups is 1. The van der Waals surface area contributed by atoms with E-state index in [1.165, 1.54) is 5.56 Å². The first kappa shape index (κ1) is 11.1. The third-order valence-electron chi connectivity index (χ3n) is 3.69. The van der Waals surface area contributed by atoms with E-state index in [1.54, 1.807) is 0 Å². The number of benzene rings is 1. The summed E-state index contributed by atoms with van der Waals surface area (Å²) in [5.74, 6) is 1.48. The molecule has 0 radical (unpaired) electrons. The Labute approximate surface area is 101 Å². The van der Waals surface area contributed by atoms with E-state index in [-0.39, 0.29) is 6.10 Å². The van der Waals surface area contributed by atoms with E-state index < -0.39 is 0 Å². The quantitative estimate of drug-likeness (QED) is 0.870. The Morgan fingerprint density at radius 1 is 1.35 bits per heavy atom. The second-order valence-corrected chi connectivity index (χ2v) is 4.92. The zero-order chi connectivity index (χ0) is 11.7. The molecule has 1 aliphatic carbocycles. The average molecular weight is 234 g/mol. The van der Waals surface area contributed by atoms with Crippen LogP contribution in [0.2, 0.25) is 0 Å². The predicted octanol–water partition coefficient (Wildman–Crippen LogP) is 2.08. The third kappa shape index (κ3) is 2.17. The van der Waals surface area contributed by atoms with Crippen LogP contribution in [-0.2, 0) is 11.2 Å². The van der Waals surface area contributed by atoms with Crippen molar-refractivity contribution < 1.29 is 14.6 Å². The van der Waals surface area contributed by atoms with Crippen LogP contribution in [0.5, 0.6) is 5.75 Å². The fourth-order valence-corrected chi connectivity index (χ4v) is 2.66. The van der Waals surface area contributed by atoms with Gasteiger partial charge in [0, 0.05) is 18.1 Å². The molecule has 0 spiro atoms. The minimum atomic E-state index is -0.302. The molecule has 1 fully saturated rings. The van der Waals surface area contributed by atoms with Gasteiger partial charge in [-0.05, 0) is 30.9 Å². The van der Waals surface area contributed by atoms with Crippen LogP contribution in [0.25, 0.3) is 0 Å². The summed E-state index contributed by atoms with van der Waals surface area (Å²) in [5, 5.41) is 9.81. The molecule has 0 saturated carbocycles. The van der Waals surface area contributed by atoms with E-state index in [0.717, 1.165) is 50.4 Å². The van der Waals surface area contributed by atoms with Crippen LogP contribution in [0.3, 0.4) is 0 Å². The van der Waals surface area contributed by atoms with Gasteiger partial charge in [0.25, 0.3) is 0 Å².